The zero-order chi connectivity index (χ0) is 19.0. The molecule has 27 heavy (non-hydrogen) atoms. The Morgan fingerprint density at radius 2 is 2.00 bits per heavy atom. The maximum Gasteiger partial charge on any atom is 0.321 e. The Kier molecular flexibility index (Phi) is 4.78. The number of rotatable bonds is 3. The first-order chi connectivity index (χ1) is 12.9. The van der Waals surface area contributed by atoms with E-state index in [-0.39, 0.29) is 23.0 Å². The van der Waals surface area contributed by atoms with Crippen molar-refractivity contribution in [3.8, 4) is 0 Å². The molecule has 2 heterocycles. The summed E-state index contributed by atoms with van der Waals surface area (Å²) < 4.78 is 26.4. The largest absolute Gasteiger partial charge is 0.342 e. The van der Waals surface area contributed by atoms with Crippen LogP contribution in [0.5, 0.6) is 0 Å². The summed E-state index contributed by atoms with van der Waals surface area (Å²) in [5, 5.41) is 2.66. The summed E-state index contributed by atoms with van der Waals surface area (Å²) in [4.78, 5) is 28.7. The molecule has 146 valence electrons. The van der Waals surface area contributed by atoms with Crippen molar-refractivity contribution in [2.45, 2.75) is 38.5 Å². The minimum atomic E-state index is -0.982. The van der Waals surface area contributed by atoms with Gasteiger partial charge in [0.15, 0.2) is 11.6 Å². The molecule has 0 unspecified atom stereocenters. The second-order valence-corrected chi connectivity index (χ2v) is 8.30. The fraction of sp³-hybridized carbons (Fsp3) is 0.600. The summed E-state index contributed by atoms with van der Waals surface area (Å²) in [7, 11) is 0. The number of hydrogen-bond acceptors (Lipinski definition) is 2. The topological polar surface area (TPSA) is 52.7 Å². The molecule has 7 heteroatoms. The number of halogens is 2. The molecule has 4 rings (SSSR count). The van der Waals surface area contributed by atoms with Gasteiger partial charge in [-0.1, -0.05) is 0 Å². The van der Waals surface area contributed by atoms with Crippen molar-refractivity contribution in [3.63, 3.8) is 0 Å². The van der Waals surface area contributed by atoms with Gasteiger partial charge in [0.05, 0.1) is 0 Å². The molecule has 1 atom stereocenters. The maximum absolute atomic E-state index is 13.4. The lowest BCUT2D eigenvalue weighted by Crippen LogP contribution is -2.56. The third-order valence-electron chi connectivity index (χ3n) is 6.04. The monoisotopic (exact) mass is 377 g/mol. The standard InChI is InChI=1S/C20H25F2N3O2/c21-16-5-4-15(10-17(16)22)23-19(27)24-9-1-7-20(12-24)8-6-18(26)25(13-20)11-14-2-3-14/h4-5,10,14H,1-3,6-9,11-13H2,(H,23,27)/t20-/m0/s1. The van der Waals surface area contributed by atoms with Crippen molar-refractivity contribution in [2.75, 3.05) is 31.5 Å². The van der Waals surface area contributed by atoms with Crippen LogP contribution >= 0.6 is 0 Å². The molecule has 3 aliphatic rings. The molecule has 1 aromatic carbocycles. The number of carbonyl (C=O) groups is 2. The minimum absolute atomic E-state index is 0.0492. The number of piperidine rings is 2. The maximum atomic E-state index is 13.4. The number of amides is 3. The Morgan fingerprint density at radius 1 is 1.19 bits per heavy atom. The fourth-order valence-electron chi connectivity index (χ4n) is 4.37. The predicted molar refractivity (Wildman–Crippen MR) is 97.2 cm³/mol. The molecule has 1 spiro atoms. The zero-order valence-corrected chi connectivity index (χ0v) is 15.3. The third kappa shape index (κ3) is 4.06. The highest BCUT2D eigenvalue weighted by Crippen LogP contribution is 2.40. The minimum Gasteiger partial charge on any atom is -0.342 e. The quantitative estimate of drug-likeness (QED) is 0.875. The van der Waals surface area contributed by atoms with Crippen molar-refractivity contribution < 1.29 is 18.4 Å². The lowest BCUT2D eigenvalue weighted by atomic mass is 9.73. The van der Waals surface area contributed by atoms with Gasteiger partial charge in [-0.3, -0.25) is 4.79 Å². The van der Waals surface area contributed by atoms with Gasteiger partial charge in [0.1, 0.15) is 0 Å². The van der Waals surface area contributed by atoms with Crippen LogP contribution in [0, 0.1) is 23.0 Å². The highest BCUT2D eigenvalue weighted by molar-refractivity contribution is 5.89. The summed E-state index contributed by atoms with van der Waals surface area (Å²) in [6, 6.07) is 3.05. The van der Waals surface area contributed by atoms with Crippen LogP contribution in [0.25, 0.3) is 0 Å². The van der Waals surface area contributed by atoms with E-state index in [0.29, 0.717) is 25.4 Å². The summed E-state index contributed by atoms with van der Waals surface area (Å²) >= 11 is 0. The van der Waals surface area contributed by atoms with Crippen molar-refractivity contribution >= 4 is 17.6 Å². The molecule has 5 nitrogen and oxygen atoms in total. The van der Waals surface area contributed by atoms with Crippen LogP contribution in [0.1, 0.15) is 38.5 Å². The molecule has 1 N–H and O–H groups in total. The Bertz CT molecular complexity index is 753. The van der Waals surface area contributed by atoms with Crippen LogP contribution in [0.3, 0.4) is 0 Å². The van der Waals surface area contributed by atoms with E-state index in [2.05, 4.69) is 5.32 Å². The van der Waals surface area contributed by atoms with E-state index in [9.17, 15) is 18.4 Å². The lowest BCUT2D eigenvalue weighted by molar-refractivity contribution is -0.139. The van der Waals surface area contributed by atoms with Gasteiger partial charge in [-0.2, -0.15) is 0 Å². The molecule has 1 aromatic rings. The molecular formula is C20H25F2N3O2. The highest BCUT2D eigenvalue weighted by atomic mass is 19.2. The van der Waals surface area contributed by atoms with E-state index in [0.717, 1.165) is 44.5 Å². The van der Waals surface area contributed by atoms with Crippen LogP contribution in [-0.4, -0.2) is 47.9 Å². The molecule has 0 bridgehead atoms. The Hall–Kier alpha value is -2.18. The molecule has 0 aromatic heterocycles. The Balaban J connectivity index is 1.41. The van der Waals surface area contributed by atoms with Gasteiger partial charge in [0, 0.05) is 49.8 Å². The van der Waals surface area contributed by atoms with Gasteiger partial charge in [0.25, 0.3) is 0 Å². The number of carbonyl (C=O) groups excluding carboxylic acids is 2. The van der Waals surface area contributed by atoms with Crippen molar-refractivity contribution in [1.82, 2.24) is 9.80 Å². The van der Waals surface area contributed by atoms with Crippen LogP contribution in [-0.2, 0) is 4.79 Å². The van der Waals surface area contributed by atoms with E-state index in [1.807, 2.05) is 4.90 Å². The smallest absolute Gasteiger partial charge is 0.321 e. The summed E-state index contributed by atoms with van der Waals surface area (Å²) in [6.07, 6.45) is 5.67. The van der Waals surface area contributed by atoms with E-state index in [1.54, 1.807) is 4.90 Å². The van der Waals surface area contributed by atoms with Gasteiger partial charge in [-0.25, -0.2) is 13.6 Å². The Labute approximate surface area is 157 Å². The van der Waals surface area contributed by atoms with Crippen LogP contribution < -0.4 is 5.32 Å². The van der Waals surface area contributed by atoms with E-state index in [4.69, 9.17) is 0 Å². The third-order valence-corrected chi connectivity index (χ3v) is 6.04. The first-order valence-corrected chi connectivity index (χ1v) is 9.73. The van der Waals surface area contributed by atoms with E-state index < -0.39 is 11.6 Å². The van der Waals surface area contributed by atoms with E-state index in [1.165, 1.54) is 18.9 Å². The number of anilines is 1. The van der Waals surface area contributed by atoms with Crippen LogP contribution in [0.15, 0.2) is 18.2 Å². The number of likely N-dealkylation sites (tertiary alicyclic amines) is 2. The predicted octanol–water partition coefficient (Wildman–Crippen LogP) is 3.61. The first kappa shape index (κ1) is 18.2. The normalized spacial score (nSPS) is 25.8. The van der Waals surface area contributed by atoms with Gasteiger partial charge >= 0.3 is 6.03 Å². The number of urea groups is 1. The molecular weight excluding hydrogens is 352 g/mol. The summed E-state index contributed by atoms with van der Waals surface area (Å²) in [5.74, 6) is -1.03. The summed E-state index contributed by atoms with van der Waals surface area (Å²) in [6.45, 7) is 2.80. The van der Waals surface area contributed by atoms with Crippen molar-refractivity contribution in [2.24, 2.45) is 11.3 Å². The van der Waals surface area contributed by atoms with Crippen molar-refractivity contribution in [1.29, 1.82) is 0 Å². The van der Waals surface area contributed by atoms with Gasteiger partial charge < -0.3 is 15.1 Å². The summed E-state index contributed by atoms with van der Waals surface area (Å²) in [5.41, 5.74) is 0.194. The number of benzene rings is 1. The van der Waals surface area contributed by atoms with Crippen LogP contribution in [0.4, 0.5) is 19.3 Å². The molecule has 3 fully saturated rings. The second-order valence-electron chi connectivity index (χ2n) is 8.30. The average molecular weight is 377 g/mol. The highest BCUT2D eigenvalue weighted by Gasteiger charge is 2.43. The SMILES string of the molecule is O=C1CC[C@]2(CCCN(C(=O)Nc3ccc(F)c(F)c3)C2)CN1CC1CC1. The average Bonchev–Trinajstić information content (AvgIpc) is 3.46. The lowest BCUT2D eigenvalue weighted by Gasteiger charge is -2.48. The van der Waals surface area contributed by atoms with Gasteiger partial charge in [-0.05, 0) is 50.2 Å². The molecule has 1 aliphatic carbocycles. The number of nitrogens with one attached hydrogen (secondary N) is 1. The molecule has 3 amide bonds. The fourth-order valence-corrected chi connectivity index (χ4v) is 4.37. The molecule has 2 aliphatic heterocycles. The molecule has 2 saturated heterocycles. The zero-order valence-electron chi connectivity index (χ0n) is 15.3. The molecule has 0 radical (unpaired) electrons. The Morgan fingerprint density at radius 3 is 2.74 bits per heavy atom. The number of nitrogens with zero attached hydrogens (tertiary/aromatic N) is 2. The molecule has 1 saturated carbocycles. The second kappa shape index (κ2) is 7.09. The van der Waals surface area contributed by atoms with Crippen LogP contribution in [0.2, 0.25) is 0 Å². The van der Waals surface area contributed by atoms with Crippen molar-refractivity contribution in [3.05, 3.63) is 29.8 Å². The van der Waals surface area contributed by atoms with E-state index >= 15 is 0 Å². The van der Waals surface area contributed by atoms with Gasteiger partial charge in [0.2, 0.25) is 5.91 Å². The first-order valence-electron chi connectivity index (χ1n) is 9.73. The van der Waals surface area contributed by atoms with Gasteiger partial charge in [-0.15, -0.1) is 0 Å². The number of hydrogen-bond donors (Lipinski definition) is 1.